The van der Waals surface area contributed by atoms with Crippen LogP contribution >= 0.6 is 11.8 Å². The quantitative estimate of drug-likeness (QED) is 0.443. The van der Waals surface area contributed by atoms with Crippen molar-refractivity contribution in [3.8, 4) is 12.1 Å². The minimum absolute atomic E-state index is 0.0998. The Hall–Kier alpha value is -4.00. The van der Waals surface area contributed by atoms with Gasteiger partial charge in [-0.2, -0.15) is 10.5 Å². The molecule has 0 bridgehead atoms. The van der Waals surface area contributed by atoms with E-state index >= 15 is 0 Å². The molecule has 0 atom stereocenters. The van der Waals surface area contributed by atoms with Gasteiger partial charge in [0.05, 0.1) is 16.9 Å². The second-order valence-electron chi connectivity index (χ2n) is 5.84. The molecule has 5 nitrogen and oxygen atoms in total. The highest BCUT2D eigenvalue weighted by molar-refractivity contribution is 7.99. The molecular weight excluding hydrogens is 380 g/mol. The molecule has 0 aliphatic heterocycles. The number of amides is 1. The van der Waals surface area contributed by atoms with Crippen molar-refractivity contribution in [2.75, 3.05) is 10.6 Å². The van der Waals surface area contributed by atoms with E-state index < -0.39 is 5.91 Å². The van der Waals surface area contributed by atoms with Crippen molar-refractivity contribution in [3.05, 3.63) is 96.2 Å². The lowest BCUT2D eigenvalue weighted by atomic mass is 10.2. The van der Waals surface area contributed by atoms with Crippen LogP contribution in [0.4, 0.5) is 11.4 Å². The Labute approximate surface area is 173 Å². The van der Waals surface area contributed by atoms with E-state index in [0.717, 1.165) is 15.5 Å². The summed E-state index contributed by atoms with van der Waals surface area (Å²) in [6, 6.07) is 28.1. The molecule has 0 unspecified atom stereocenters. The van der Waals surface area contributed by atoms with Crippen LogP contribution in [0.2, 0.25) is 0 Å². The maximum absolute atomic E-state index is 12.5. The number of nitrogens with zero attached hydrogens (tertiary/aromatic N) is 2. The Balaban J connectivity index is 1.77. The molecule has 29 heavy (non-hydrogen) atoms. The zero-order valence-corrected chi connectivity index (χ0v) is 16.1. The Morgan fingerprint density at radius 2 is 1.52 bits per heavy atom. The van der Waals surface area contributed by atoms with E-state index in [1.165, 1.54) is 6.20 Å². The first-order valence-corrected chi connectivity index (χ1v) is 9.52. The smallest absolute Gasteiger partial charge is 0.267 e. The number of hydrogen-bond acceptors (Lipinski definition) is 5. The van der Waals surface area contributed by atoms with Crippen LogP contribution in [0.5, 0.6) is 0 Å². The van der Waals surface area contributed by atoms with E-state index in [2.05, 4.69) is 10.6 Å². The number of para-hydroxylation sites is 2. The van der Waals surface area contributed by atoms with Crippen molar-refractivity contribution in [1.29, 1.82) is 10.5 Å². The van der Waals surface area contributed by atoms with Gasteiger partial charge in [0.2, 0.25) is 0 Å². The van der Waals surface area contributed by atoms with E-state index in [1.807, 2.05) is 66.7 Å². The van der Waals surface area contributed by atoms with Crippen molar-refractivity contribution in [3.63, 3.8) is 0 Å². The summed E-state index contributed by atoms with van der Waals surface area (Å²) in [6.07, 6.45) is 1.37. The van der Waals surface area contributed by atoms with Gasteiger partial charge in [0.25, 0.3) is 5.91 Å². The summed E-state index contributed by atoms with van der Waals surface area (Å²) in [4.78, 5) is 14.5. The minimum Gasteiger partial charge on any atom is -0.359 e. The monoisotopic (exact) mass is 396 g/mol. The first kappa shape index (κ1) is 19.8. The summed E-state index contributed by atoms with van der Waals surface area (Å²) in [5.74, 6) is -0.587. The topological polar surface area (TPSA) is 88.7 Å². The van der Waals surface area contributed by atoms with Crippen LogP contribution < -0.4 is 10.6 Å². The van der Waals surface area contributed by atoms with E-state index in [9.17, 15) is 10.1 Å². The van der Waals surface area contributed by atoms with Gasteiger partial charge in [0.1, 0.15) is 17.7 Å². The summed E-state index contributed by atoms with van der Waals surface area (Å²) in [5, 5.41) is 24.2. The average Bonchev–Trinajstić information content (AvgIpc) is 2.76. The maximum Gasteiger partial charge on any atom is 0.267 e. The normalized spacial score (nSPS) is 10.5. The Morgan fingerprint density at radius 3 is 2.24 bits per heavy atom. The fraction of sp³-hybridized carbons (Fsp3) is 0. The standard InChI is InChI=1S/C23H16N4OS/c24-14-17-8-4-5-11-20(17)27-23(28)18(15-25)16-26-21-12-6-7-13-22(21)29-19-9-2-1-3-10-19/h1-13,16,26H,(H,27,28)/b18-16-. The molecule has 0 aromatic heterocycles. The van der Waals surface area contributed by atoms with E-state index in [0.29, 0.717) is 11.3 Å². The van der Waals surface area contributed by atoms with Gasteiger partial charge in [-0.05, 0) is 36.4 Å². The van der Waals surface area contributed by atoms with Crippen molar-refractivity contribution in [2.24, 2.45) is 0 Å². The second kappa shape index (κ2) is 9.80. The minimum atomic E-state index is -0.587. The summed E-state index contributed by atoms with van der Waals surface area (Å²) in [6.45, 7) is 0. The molecule has 3 aromatic carbocycles. The third-order valence-electron chi connectivity index (χ3n) is 3.89. The van der Waals surface area contributed by atoms with Gasteiger partial charge >= 0.3 is 0 Å². The fourth-order valence-electron chi connectivity index (χ4n) is 2.47. The van der Waals surface area contributed by atoms with Crippen LogP contribution in [0, 0.1) is 22.7 Å². The van der Waals surface area contributed by atoms with Crippen LogP contribution in [-0.4, -0.2) is 5.91 Å². The lowest BCUT2D eigenvalue weighted by Crippen LogP contribution is -2.15. The van der Waals surface area contributed by atoms with Gasteiger partial charge in [-0.3, -0.25) is 4.79 Å². The average molecular weight is 396 g/mol. The molecule has 0 saturated carbocycles. The van der Waals surface area contributed by atoms with Gasteiger partial charge < -0.3 is 10.6 Å². The van der Waals surface area contributed by atoms with Gasteiger partial charge in [0, 0.05) is 16.0 Å². The van der Waals surface area contributed by atoms with Crippen LogP contribution in [0.1, 0.15) is 5.56 Å². The van der Waals surface area contributed by atoms with E-state index in [1.54, 1.807) is 36.0 Å². The van der Waals surface area contributed by atoms with Crippen LogP contribution in [0.25, 0.3) is 0 Å². The van der Waals surface area contributed by atoms with Crippen molar-refractivity contribution < 1.29 is 4.79 Å². The molecule has 0 aliphatic carbocycles. The molecule has 0 fully saturated rings. The highest BCUT2D eigenvalue weighted by atomic mass is 32.2. The summed E-state index contributed by atoms with van der Waals surface area (Å²) in [7, 11) is 0. The number of carbonyl (C=O) groups is 1. The van der Waals surface area contributed by atoms with Crippen molar-refractivity contribution >= 4 is 29.0 Å². The van der Waals surface area contributed by atoms with Gasteiger partial charge in [-0.1, -0.05) is 54.2 Å². The number of benzene rings is 3. The third kappa shape index (κ3) is 5.26. The molecule has 0 saturated heterocycles. The zero-order valence-electron chi connectivity index (χ0n) is 15.3. The third-order valence-corrected chi connectivity index (χ3v) is 4.97. The second-order valence-corrected chi connectivity index (χ2v) is 6.95. The van der Waals surface area contributed by atoms with E-state index in [4.69, 9.17) is 5.26 Å². The lowest BCUT2D eigenvalue weighted by molar-refractivity contribution is -0.112. The molecule has 140 valence electrons. The summed E-state index contributed by atoms with van der Waals surface area (Å²) < 4.78 is 0. The molecule has 3 rings (SSSR count). The Morgan fingerprint density at radius 1 is 0.862 bits per heavy atom. The predicted octanol–water partition coefficient (Wildman–Crippen LogP) is 5.17. The molecule has 0 spiro atoms. The largest absolute Gasteiger partial charge is 0.359 e. The molecular formula is C23H16N4OS. The van der Waals surface area contributed by atoms with Gasteiger partial charge in [-0.15, -0.1) is 0 Å². The number of rotatable bonds is 6. The van der Waals surface area contributed by atoms with Gasteiger partial charge in [-0.25, -0.2) is 0 Å². The number of hydrogen-bond donors (Lipinski definition) is 2. The predicted molar refractivity (Wildman–Crippen MR) is 114 cm³/mol. The molecule has 3 aromatic rings. The maximum atomic E-state index is 12.5. The lowest BCUT2D eigenvalue weighted by Gasteiger charge is -2.10. The zero-order chi connectivity index (χ0) is 20.5. The molecule has 0 heterocycles. The Bertz CT molecular complexity index is 1130. The summed E-state index contributed by atoms with van der Waals surface area (Å²) >= 11 is 1.58. The van der Waals surface area contributed by atoms with Crippen LogP contribution in [0.3, 0.4) is 0 Å². The van der Waals surface area contributed by atoms with Crippen LogP contribution in [-0.2, 0) is 4.79 Å². The molecule has 6 heteroatoms. The molecule has 0 radical (unpaired) electrons. The number of anilines is 2. The summed E-state index contributed by atoms with van der Waals surface area (Å²) in [5.41, 5.74) is 1.37. The van der Waals surface area contributed by atoms with E-state index in [-0.39, 0.29) is 5.57 Å². The highest BCUT2D eigenvalue weighted by Gasteiger charge is 2.12. The number of carbonyl (C=O) groups excluding carboxylic acids is 1. The van der Waals surface area contributed by atoms with Crippen molar-refractivity contribution in [1.82, 2.24) is 0 Å². The van der Waals surface area contributed by atoms with Crippen LogP contribution in [0.15, 0.2) is 100 Å². The van der Waals surface area contributed by atoms with Crippen molar-refractivity contribution in [2.45, 2.75) is 9.79 Å². The molecule has 1 amide bonds. The number of nitriles is 2. The highest BCUT2D eigenvalue weighted by Crippen LogP contribution is 2.33. The SMILES string of the molecule is N#C/C(=C/Nc1ccccc1Sc1ccccc1)C(=O)Nc1ccccc1C#N. The first-order valence-electron chi connectivity index (χ1n) is 8.70. The Kier molecular flexibility index (Phi) is 6.67. The fourth-order valence-corrected chi connectivity index (χ4v) is 3.40. The number of nitrogens with one attached hydrogen (secondary N) is 2. The molecule has 2 N–H and O–H groups in total. The molecule has 0 aliphatic rings. The van der Waals surface area contributed by atoms with Gasteiger partial charge in [0.15, 0.2) is 0 Å². The first-order chi connectivity index (χ1) is 14.2.